The molecule has 4 nitrogen and oxygen atoms in total. The molecule has 0 atom stereocenters. The molecule has 0 radical (unpaired) electrons. The number of carbonyl (C=O) groups is 1. The van der Waals surface area contributed by atoms with E-state index in [9.17, 15) is 4.79 Å². The van der Waals surface area contributed by atoms with E-state index in [4.69, 9.17) is 4.74 Å². The van der Waals surface area contributed by atoms with Crippen LogP contribution in [0.15, 0.2) is 54.6 Å². The van der Waals surface area contributed by atoms with Crippen LogP contribution in [0.3, 0.4) is 0 Å². The van der Waals surface area contributed by atoms with Crippen LogP contribution in [-0.4, -0.2) is 25.6 Å². The van der Waals surface area contributed by atoms with Gasteiger partial charge in [0.1, 0.15) is 5.75 Å². The average molecular weight is 324 g/mol. The van der Waals surface area contributed by atoms with Gasteiger partial charge in [-0.1, -0.05) is 18.2 Å². The van der Waals surface area contributed by atoms with E-state index in [1.807, 2.05) is 42.5 Å². The van der Waals surface area contributed by atoms with Crippen molar-refractivity contribution in [2.24, 2.45) is 0 Å². The maximum absolute atomic E-state index is 12.0. The van der Waals surface area contributed by atoms with E-state index in [1.165, 1.54) is 24.9 Å². The van der Waals surface area contributed by atoms with Crippen LogP contribution in [0.4, 0.5) is 11.4 Å². The van der Waals surface area contributed by atoms with E-state index >= 15 is 0 Å². The Kier molecular flexibility index (Phi) is 5.72. The highest BCUT2D eigenvalue weighted by Gasteiger charge is 2.11. The molecule has 4 heteroatoms. The molecule has 1 N–H and O–H groups in total. The second-order valence-electron chi connectivity index (χ2n) is 6.05. The van der Waals surface area contributed by atoms with Crippen LogP contribution in [0.25, 0.3) is 0 Å². The van der Waals surface area contributed by atoms with Crippen LogP contribution < -0.4 is 15.0 Å². The first kappa shape index (κ1) is 16.4. The number of para-hydroxylation sites is 1. The Morgan fingerprint density at radius 3 is 2.38 bits per heavy atom. The maximum Gasteiger partial charge on any atom is 0.227 e. The number of amides is 1. The highest BCUT2D eigenvalue weighted by molar-refractivity contribution is 5.90. The molecular formula is C20H24N2O2. The van der Waals surface area contributed by atoms with Crippen molar-refractivity contribution in [2.45, 2.75) is 25.7 Å². The lowest BCUT2D eigenvalue weighted by Gasteiger charge is -2.28. The first-order valence-corrected chi connectivity index (χ1v) is 8.64. The summed E-state index contributed by atoms with van der Waals surface area (Å²) in [5, 5.41) is 2.92. The molecule has 0 unspecified atom stereocenters. The second-order valence-corrected chi connectivity index (χ2v) is 6.05. The summed E-state index contributed by atoms with van der Waals surface area (Å²) in [5.41, 5.74) is 2.07. The Morgan fingerprint density at radius 1 is 0.958 bits per heavy atom. The summed E-state index contributed by atoms with van der Waals surface area (Å²) in [5.74, 6) is 0.757. The molecule has 24 heavy (non-hydrogen) atoms. The van der Waals surface area contributed by atoms with Gasteiger partial charge < -0.3 is 15.0 Å². The highest BCUT2D eigenvalue weighted by atomic mass is 16.5. The number of rotatable bonds is 6. The summed E-state index contributed by atoms with van der Waals surface area (Å²) in [7, 11) is 0. The van der Waals surface area contributed by atoms with Gasteiger partial charge in [-0.2, -0.15) is 0 Å². The summed E-state index contributed by atoms with van der Waals surface area (Å²) in [6.45, 7) is 2.63. The van der Waals surface area contributed by atoms with Gasteiger partial charge in [-0.15, -0.1) is 0 Å². The Balaban J connectivity index is 1.44. The number of ether oxygens (including phenoxy) is 1. The summed E-state index contributed by atoms with van der Waals surface area (Å²) >= 11 is 0. The fraction of sp³-hybridized carbons (Fsp3) is 0.350. The predicted molar refractivity (Wildman–Crippen MR) is 97.7 cm³/mol. The predicted octanol–water partition coefficient (Wildman–Crippen LogP) is 4.08. The van der Waals surface area contributed by atoms with Crippen LogP contribution in [0, 0.1) is 0 Å². The van der Waals surface area contributed by atoms with Crippen molar-refractivity contribution in [3.8, 4) is 5.75 Å². The highest BCUT2D eigenvalue weighted by Crippen LogP contribution is 2.21. The minimum Gasteiger partial charge on any atom is -0.493 e. The molecule has 1 aliphatic rings. The van der Waals surface area contributed by atoms with Crippen LogP contribution >= 0.6 is 0 Å². The number of nitrogens with zero attached hydrogens (tertiary/aromatic N) is 1. The quantitative estimate of drug-likeness (QED) is 0.870. The van der Waals surface area contributed by atoms with Gasteiger partial charge >= 0.3 is 0 Å². The van der Waals surface area contributed by atoms with E-state index in [0.29, 0.717) is 13.0 Å². The Morgan fingerprint density at radius 2 is 1.67 bits per heavy atom. The Labute approximate surface area is 143 Å². The summed E-state index contributed by atoms with van der Waals surface area (Å²) in [6, 6.07) is 17.7. The largest absolute Gasteiger partial charge is 0.493 e. The number of hydrogen-bond donors (Lipinski definition) is 1. The van der Waals surface area contributed by atoms with Gasteiger partial charge in [0.25, 0.3) is 0 Å². The minimum atomic E-state index is -0.0309. The molecule has 1 amide bonds. The zero-order chi connectivity index (χ0) is 16.6. The summed E-state index contributed by atoms with van der Waals surface area (Å²) in [4.78, 5) is 14.4. The number of benzene rings is 2. The van der Waals surface area contributed by atoms with Gasteiger partial charge in [0.05, 0.1) is 13.0 Å². The van der Waals surface area contributed by atoms with Crippen LogP contribution in [0.5, 0.6) is 5.75 Å². The lowest BCUT2D eigenvalue weighted by atomic mass is 10.1. The molecule has 3 rings (SSSR count). The molecule has 1 fully saturated rings. The lowest BCUT2D eigenvalue weighted by Crippen LogP contribution is -2.29. The van der Waals surface area contributed by atoms with Crippen molar-refractivity contribution >= 4 is 17.3 Å². The number of anilines is 2. The van der Waals surface area contributed by atoms with Crippen molar-refractivity contribution < 1.29 is 9.53 Å². The molecule has 0 saturated carbocycles. The van der Waals surface area contributed by atoms with Gasteiger partial charge in [0, 0.05) is 24.5 Å². The van der Waals surface area contributed by atoms with Crippen molar-refractivity contribution in [1.82, 2.24) is 0 Å². The third-order valence-corrected chi connectivity index (χ3v) is 4.21. The summed E-state index contributed by atoms with van der Waals surface area (Å²) < 4.78 is 5.55. The van der Waals surface area contributed by atoms with Crippen molar-refractivity contribution in [2.75, 3.05) is 29.9 Å². The number of piperidine rings is 1. The molecule has 1 saturated heterocycles. The fourth-order valence-corrected chi connectivity index (χ4v) is 2.91. The molecule has 2 aromatic rings. The fourth-order valence-electron chi connectivity index (χ4n) is 2.91. The van der Waals surface area contributed by atoms with E-state index in [-0.39, 0.29) is 5.91 Å². The van der Waals surface area contributed by atoms with E-state index < -0.39 is 0 Å². The van der Waals surface area contributed by atoms with E-state index in [1.54, 1.807) is 0 Å². The van der Waals surface area contributed by atoms with Crippen molar-refractivity contribution in [3.63, 3.8) is 0 Å². The SMILES string of the molecule is O=C(CCOc1ccccc1)Nc1ccc(N2CCCCC2)cc1. The van der Waals surface area contributed by atoms with E-state index in [0.717, 1.165) is 24.5 Å². The topological polar surface area (TPSA) is 41.6 Å². The van der Waals surface area contributed by atoms with Crippen LogP contribution in [0.1, 0.15) is 25.7 Å². The van der Waals surface area contributed by atoms with Crippen molar-refractivity contribution in [3.05, 3.63) is 54.6 Å². The first-order valence-electron chi connectivity index (χ1n) is 8.64. The smallest absolute Gasteiger partial charge is 0.227 e. The third-order valence-electron chi connectivity index (χ3n) is 4.21. The molecule has 0 aromatic heterocycles. The molecule has 0 aliphatic carbocycles. The molecule has 126 valence electrons. The average Bonchev–Trinajstić information content (AvgIpc) is 2.64. The molecule has 0 spiro atoms. The minimum absolute atomic E-state index is 0.0309. The summed E-state index contributed by atoms with van der Waals surface area (Å²) in [6.07, 6.45) is 4.19. The standard InChI is InChI=1S/C20H24N2O2/c23-20(13-16-24-19-7-3-1-4-8-19)21-17-9-11-18(12-10-17)22-14-5-2-6-15-22/h1,3-4,7-12H,2,5-6,13-16H2,(H,21,23). The Bertz CT molecular complexity index is 634. The monoisotopic (exact) mass is 324 g/mol. The zero-order valence-corrected chi connectivity index (χ0v) is 13.9. The second kappa shape index (κ2) is 8.39. The first-order chi connectivity index (χ1) is 11.8. The lowest BCUT2D eigenvalue weighted by molar-refractivity contribution is -0.116. The zero-order valence-electron chi connectivity index (χ0n) is 13.9. The maximum atomic E-state index is 12.0. The molecule has 1 heterocycles. The Hall–Kier alpha value is -2.49. The van der Waals surface area contributed by atoms with Gasteiger partial charge in [0.2, 0.25) is 5.91 Å². The van der Waals surface area contributed by atoms with Gasteiger partial charge in [0.15, 0.2) is 0 Å². The molecule has 1 aliphatic heterocycles. The molecule has 0 bridgehead atoms. The third kappa shape index (κ3) is 4.75. The number of nitrogens with one attached hydrogen (secondary N) is 1. The normalized spacial score (nSPS) is 14.2. The van der Waals surface area contributed by atoms with Crippen LogP contribution in [-0.2, 0) is 4.79 Å². The molecular weight excluding hydrogens is 300 g/mol. The number of hydrogen-bond acceptors (Lipinski definition) is 3. The van der Waals surface area contributed by atoms with Gasteiger partial charge in [-0.05, 0) is 55.7 Å². The number of carbonyl (C=O) groups excluding carboxylic acids is 1. The van der Waals surface area contributed by atoms with Gasteiger partial charge in [-0.25, -0.2) is 0 Å². The van der Waals surface area contributed by atoms with Crippen molar-refractivity contribution in [1.29, 1.82) is 0 Å². The van der Waals surface area contributed by atoms with Gasteiger partial charge in [-0.3, -0.25) is 4.79 Å². The van der Waals surface area contributed by atoms with E-state index in [2.05, 4.69) is 22.3 Å². The molecule has 2 aromatic carbocycles. The van der Waals surface area contributed by atoms with Crippen LogP contribution in [0.2, 0.25) is 0 Å².